The highest BCUT2D eigenvalue weighted by Crippen LogP contribution is 2.23. The third-order valence-electron chi connectivity index (χ3n) is 5.00. The average Bonchev–Trinajstić information content (AvgIpc) is 3.38. The SMILES string of the molecule is Cc1nccn1CC1CCCN1C(=O)c1nnn(-c2cnn(C)c2)c1C. The van der Waals surface area contributed by atoms with E-state index in [1.807, 2.05) is 38.2 Å². The van der Waals surface area contributed by atoms with E-state index in [0.29, 0.717) is 5.69 Å². The van der Waals surface area contributed by atoms with Gasteiger partial charge in [0.05, 0.1) is 24.1 Å². The molecule has 9 nitrogen and oxygen atoms in total. The second-order valence-electron chi connectivity index (χ2n) is 6.73. The first-order valence-corrected chi connectivity index (χ1v) is 8.74. The van der Waals surface area contributed by atoms with Crippen molar-refractivity contribution < 1.29 is 4.79 Å². The Morgan fingerprint density at radius 1 is 1.35 bits per heavy atom. The zero-order valence-electron chi connectivity index (χ0n) is 15.2. The van der Waals surface area contributed by atoms with Crippen LogP contribution >= 0.6 is 0 Å². The lowest BCUT2D eigenvalue weighted by molar-refractivity contribution is 0.0717. The zero-order chi connectivity index (χ0) is 18.3. The normalized spacial score (nSPS) is 17.2. The average molecular weight is 354 g/mol. The second kappa shape index (κ2) is 6.40. The lowest BCUT2D eigenvalue weighted by Gasteiger charge is -2.24. The van der Waals surface area contributed by atoms with Gasteiger partial charge in [-0.05, 0) is 26.7 Å². The maximum absolute atomic E-state index is 13.1. The van der Waals surface area contributed by atoms with Crippen molar-refractivity contribution in [1.29, 1.82) is 0 Å². The highest BCUT2D eigenvalue weighted by molar-refractivity contribution is 5.93. The number of hydrogen-bond donors (Lipinski definition) is 0. The molecule has 4 heterocycles. The van der Waals surface area contributed by atoms with Crippen LogP contribution in [0.15, 0.2) is 24.8 Å². The van der Waals surface area contributed by atoms with Crippen LogP contribution in [0.5, 0.6) is 0 Å². The van der Waals surface area contributed by atoms with Gasteiger partial charge in [0.1, 0.15) is 11.5 Å². The molecule has 0 aromatic carbocycles. The molecule has 0 N–H and O–H groups in total. The van der Waals surface area contributed by atoms with Crippen molar-refractivity contribution in [3.63, 3.8) is 0 Å². The first-order chi connectivity index (χ1) is 12.5. The Bertz CT molecular complexity index is 936. The molecular formula is C17H22N8O. The highest BCUT2D eigenvalue weighted by Gasteiger charge is 2.32. The summed E-state index contributed by atoms with van der Waals surface area (Å²) >= 11 is 0. The molecule has 1 fully saturated rings. The molecule has 0 saturated carbocycles. The van der Waals surface area contributed by atoms with Crippen molar-refractivity contribution in [1.82, 2.24) is 39.2 Å². The summed E-state index contributed by atoms with van der Waals surface area (Å²) in [6.07, 6.45) is 9.28. The van der Waals surface area contributed by atoms with Crippen LogP contribution in [0.1, 0.15) is 34.8 Å². The molecule has 1 atom stereocenters. The number of aromatic nitrogens is 7. The van der Waals surface area contributed by atoms with Crippen LogP contribution in [0.25, 0.3) is 5.69 Å². The van der Waals surface area contributed by atoms with E-state index in [0.717, 1.165) is 43.1 Å². The van der Waals surface area contributed by atoms with Crippen molar-refractivity contribution in [2.45, 2.75) is 39.3 Å². The minimum Gasteiger partial charge on any atom is -0.333 e. The quantitative estimate of drug-likeness (QED) is 0.701. The number of hydrogen-bond acceptors (Lipinski definition) is 5. The third kappa shape index (κ3) is 2.79. The van der Waals surface area contributed by atoms with Crippen molar-refractivity contribution >= 4 is 5.91 Å². The molecule has 3 aromatic rings. The maximum Gasteiger partial charge on any atom is 0.276 e. The molecule has 1 unspecified atom stereocenters. The van der Waals surface area contributed by atoms with Crippen molar-refractivity contribution in [3.8, 4) is 5.69 Å². The predicted octanol–water partition coefficient (Wildman–Crippen LogP) is 1.12. The van der Waals surface area contributed by atoms with Gasteiger partial charge in [-0.3, -0.25) is 9.48 Å². The lowest BCUT2D eigenvalue weighted by atomic mass is 10.2. The van der Waals surface area contributed by atoms with Gasteiger partial charge in [0.25, 0.3) is 5.91 Å². The maximum atomic E-state index is 13.1. The van der Waals surface area contributed by atoms with Crippen LogP contribution < -0.4 is 0 Å². The first-order valence-electron chi connectivity index (χ1n) is 8.74. The molecule has 1 aliphatic rings. The Balaban J connectivity index is 1.57. The van der Waals surface area contributed by atoms with Gasteiger partial charge in [0.15, 0.2) is 5.69 Å². The van der Waals surface area contributed by atoms with Crippen LogP contribution in [0.3, 0.4) is 0 Å². The molecule has 0 radical (unpaired) electrons. The second-order valence-corrected chi connectivity index (χ2v) is 6.73. The van der Waals surface area contributed by atoms with E-state index >= 15 is 0 Å². The molecule has 26 heavy (non-hydrogen) atoms. The fraction of sp³-hybridized carbons (Fsp3) is 0.471. The number of likely N-dealkylation sites (tertiary alicyclic amines) is 1. The van der Waals surface area contributed by atoms with Crippen LogP contribution in [0.2, 0.25) is 0 Å². The first kappa shape index (κ1) is 16.5. The summed E-state index contributed by atoms with van der Waals surface area (Å²) in [5.74, 6) is 0.904. The number of amides is 1. The number of carbonyl (C=O) groups is 1. The number of aryl methyl sites for hydroxylation is 2. The van der Waals surface area contributed by atoms with Gasteiger partial charge < -0.3 is 9.47 Å². The van der Waals surface area contributed by atoms with Gasteiger partial charge in [-0.15, -0.1) is 5.10 Å². The lowest BCUT2D eigenvalue weighted by Crippen LogP contribution is -2.38. The van der Waals surface area contributed by atoms with E-state index in [4.69, 9.17) is 0 Å². The van der Waals surface area contributed by atoms with Gasteiger partial charge in [-0.25, -0.2) is 9.67 Å². The summed E-state index contributed by atoms with van der Waals surface area (Å²) in [7, 11) is 1.84. The fourth-order valence-electron chi connectivity index (χ4n) is 3.54. The van der Waals surface area contributed by atoms with Crippen LogP contribution in [0.4, 0.5) is 0 Å². The fourth-order valence-corrected chi connectivity index (χ4v) is 3.54. The predicted molar refractivity (Wildman–Crippen MR) is 93.9 cm³/mol. The van der Waals surface area contributed by atoms with Crippen LogP contribution in [-0.2, 0) is 13.6 Å². The zero-order valence-corrected chi connectivity index (χ0v) is 15.2. The molecule has 0 spiro atoms. The minimum absolute atomic E-state index is 0.0575. The topological polar surface area (TPSA) is 86.7 Å². The molecule has 4 rings (SSSR count). The van der Waals surface area contributed by atoms with Gasteiger partial charge in [-0.2, -0.15) is 5.10 Å². The Morgan fingerprint density at radius 3 is 2.88 bits per heavy atom. The minimum atomic E-state index is -0.0575. The molecule has 1 aliphatic heterocycles. The van der Waals surface area contributed by atoms with E-state index in [9.17, 15) is 4.79 Å². The largest absolute Gasteiger partial charge is 0.333 e. The van der Waals surface area contributed by atoms with Crippen LogP contribution in [0, 0.1) is 13.8 Å². The molecule has 0 aliphatic carbocycles. The summed E-state index contributed by atoms with van der Waals surface area (Å²) in [6.45, 7) is 5.35. The monoisotopic (exact) mass is 354 g/mol. The molecule has 136 valence electrons. The standard InChI is InChI=1S/C17H22N8O/c1-12-16(20-21-25(12)15-9-19-22(3)10-15)17(26)24-7-4-5-14(24)11-23-8-6-18-13(23)2/h6,8-10,14H,4-5,7,11H2,1-3H3. The van der Waals surface area contributed by atoms with Crippen LogP contribution in [-0.4, -0.2) is 57.7 Å². The van der Waals surface area contributed by atoms with Gasteiger partial charge in [0.2, 0.25) is 0 Å². The number of carbonyl (C=O) groups excluding carboxylic acids is 1. The molecule has 1 amide bonds. The number of nitrogens with zero attached hydrogens (tertiary/aromatic N) is 8. The Labute approximate surface area is 151 Å². The molecule has 0 bridgehead atoms. The summed E-state index contributed by atoms with van der Waals surface area (Å²) in [6, 6.07) is 0.151. The van der Waals surface area contributed by atoms with Gasteiger partial charge in [-0.1, -0.05) is 5.21 Å². The van der Waals surface area contributed by atoms with E-state index in [1.165, 1.54) is 0 Å². The Hall–Kier alpha value is -2.97. The van der Waals surface area contributed by atoms with Crippen molar-refractivity contribution in [2.24, 2.45) is 7.05 Å². The van der Waals surface area contributed by atoms with Crippen molar-refractivity contribution in [2.75, 3.05) is 6.54 Å². The van der Waals surface area contributed by atoms with Gasteiger partial charge in [0, 0.05) is 32.5 Å². The van der Waals surface area contributed by atoms with E-state index < -0.39 is 0 Å². The highest BCUT2D eigenvalue weighted by atomic mass is 16.2. The summed E-state index contributed by atoms with van der Waals surface area (Å²) < 4.78 is 5.45. The molecule has 9 heteroatoms. The van der Waals surface area contributed by atoms with Crippen molar-refractivity contribution in [3.05, 3.63) is 42.0 Å². The summed E-state index contributed by atoms with van der Waals surface area (Å²) in [4.78, 5) is 19.3. The Morgan fingerprint density at radius 2 is 2.19 bits per heavy atom. The summed E-state index contributed by atoms with van der Waals surface area (Å²) in [5.41, 5.74) is 1.93. The Kier molecular flexibility index (Phi) is 4.06. The molecular weight excluding hydrogens is 332 g/mol. The molecule has 1 saturated heterocycles. The van der Waals surface area contributed by atoms with Gasteiger partial charge >= 0.3 is 0 Å². The summed E-state index contributed by atoms with van der Waals surface area (Å²) in [5, 5.41) is 12.5. The number of rotatable bonds is 4. The molecule has 3 aromatic heterocycles. The third-order valence-corrected chi connectivity index (χ3v) is 5.00. The van der Waals surface area contributed by atoms with E-state index in [1.54, 1.807) is 21.8 Å². The van der Waals surface area contributed by atoms with E-state index in [2.05, 4.69) is 25.0 Å². The smallest absolute Gasteiger partial charge is 0.276 e. The number of imidazole rings is 1. The van der Waals surface area contributed by atoms with E-state index in [-0.39, 0.29) is 11.9 Å².